The molecule has 0 saturated heterocycles. The third-order valence-electron chi connectivity index (χ3n) is 14.7. The van der Waals surface area contributed by atoms with Crippen molar-refractivity contribution in [1.29, 1.82) is 0 Å². The number of rotatable bonds is 11. The molecule has 0 radical (unpaired) electrons. The Kier molecular flexibility index (Phi) is 12.0. The highest BCUT2D eigenvalue weighted by molar-refractivity contribution is 6.22. The van der Waals surface area contributed by atoms with Gasteiger partial charge >= 0.3 is 0 Å². The zero-order valence-corrected chi connectivity index (χ0v) is 41.4. The molecule has 0 aromatic heterocycles. The quantitative estimate of drug-likeness (QED) is 0.117. The van der Waals surface area contributed by atoms with Gasteiger partial charge in [-0.05, 0) is 159 Å². The molecule has 0 N–H and O–H groups in total. The molecule has 0 heterocycles. The van der Waals surface area contributed by atoms with Crippen LogP contribution in [0.2, 0.25) is 0 Å². The SMILES string of the molecule is c1ccc(-c2ccc(-c3ccc(N(c4ccc(-c5ccc6c(-c7ccccc7)c(-c7ccccc7)c7ccccc7c6c5)cc4)c4ccc(-c5ccccc5)c(-c5ccccc5)c4)cc3)c(-c3ccccc3)c2)cc1. The molecule has 13 aromatic rings. The summed E-state index contributed by atoms with van der Waals surface area (Å²) in [5, 5.41) is 4.97. The average molecular weight is 954 g/mol. The second-order valence-corrected chi connectivity index (χ2v) is 19.2. The molecule has 0 fully saturated rings. The molecule has 0 spiro atoms. The summed E-state index contributed by atoms with van der Waals surface area (Å²) in [6, 6.07) is 113. The van der Waals surface area contributed by atoms with Gasteiger partial charge in [-0.15, -0.1) is 0 Å². The minimum absolute atomic E-state index is 1.07. The van der Waals surface area contributed by atoms with Crippen molar-refractivity contribution in [3.05, 3.63) is 309 Å². The molecule has 0 unspecified atom stereocenters. The van der Waals surface area contributed by atoms with Gasteiger partial charge in [0.05, 0.1) is 0 Å². The molecule has 0 amide bonds. The summed E-state index contributed by atoms with van der Waals surface area (Å²) in [4.78, 5) is 2.40. The highest BCUT2D eigenvalue weighted by atomic mass is 15.1. The molecule has 0 saturated carbocycles. The number of benzene rings is 13. The number of nitrogens with zero attached hydrogens (tertiary/aromatic N) is 1. The fraction of sp³-hybridized carbons (Fsp3) is 0. The van der Waals surface area contributed by atoms with Crippen molar-refractivity contribution in [3.63, 3.8) is 0 Å². The maximum Gasteiger partial charge on any atom is 0.0468 e. The Labute approximate surface area is 439 Å². The minimum Gasteiger partial charge on any atom is -0.310 e. The number of fused-ring (bicyclic) bond motifs is 3. The van der Waals surface area contributed by atoms with Crippen LogP contribution in [-0.2, 0) is 0 Å². The van der Waals surface area contributed by atoms with Crippen molar-refractivity contribution in [2.45, 2.75) is 0 Å². The Morgan fingerprint density at radius 3 is 1.00 bits per heavy atom. The second kappa shape index (κ2) is 20.0. The molecule has 0 atom stereocenters. The van der Waals surface area contributed by atoms with E-state index in [0.29, 0.717) is 0 Å². The van der Waals surface area contributed by atoms with Crippen molar-refractivity contribution < 1.29 is 0 Å². The van der Waals surface area contributed by atoms with E-state index in [2.05, 4.69) is 314 Å². The summed E-state index contributed by atoms with van der Waals surface area (Å²) in [5.74, 6) is 0. The zero-order chi connectivity index (χ0) is 49.9. The van der Waals surface area contributed by atoms with Gasteiger partial charge in [-0.25, -0.2) is 0 Å². The summed E-state index contributed by atoms with van der Waals surface area (Å²) in [6.07, 6.45) is 0. The van der Waals surface area contributed by atoms with E-state index in [9.17, 15) is 0 Å². The van der Waals surface area contributed by atoms with Crippen LogP contribution in [0.15, 0.2) is 309 Å². The third kappa shape index (κ3) is 8.77. The lowest BCUT2D eigenvalue weighted by molar-refractivity contribution is 1.28. The fourth-order valence-electron chi connectivity index (χ4n) is 11.1. The zero-order valence-electron chi connectivity index (χ0n) is 41.4. The van der Waals surface area contributed by atoms with Gasteiger partial charge in [-0.2, -0.15) is 0 Å². The standard InChI is InChI=1S/C74H51N/c1-7-21-52(22-8-1)60-39-46-65(70(49-60)55-25-11-3-12-26-55)57-37-43-63(44-38-57)75(64-45-48-66(54-23-9-2-10-24-54)71(51-64)56-27-13-4-14-28-56)62-41-35-53(36-42-62)61-40-47-69-72(50-61)67-33-19-20-34-68(67)73(58-29-15-5-16-30-58)74(69)59-31-17-6-18-32-59/h1-51H. The van der Waals surface area contributed by atoms with E-state index in [4.69, 9.17) is 0 Å². The summed E-state index contributed by atoms with van der Waals surface area (Å²) in [5.41, 5.74) is 22.4. The van der Waals surface area contributed by atoms with E-state index in [1.54, 1.807) is 0 Å². The maximum absolute atomic E-state index is 2.40. The van der Waals surface area contributed by atoms with Crippen LogP contribution in [0, 0.1) is 0 Å². The van der Waals surface area contributed by atoms with Crippen LogP contribution in [0.3, 0.4) is 0 Å². The van der Waals surface area contributed by atoms with E-state index >= 15 is 0 Å². The Morgan fingerprint density at radius 2 is 0.480 bits per heavy atom. The normalized spacial score (nSPS) is 11.2. The topological polar surface area (TPSA) is 3.24 Å². The molecule has 13 aromatic carbocycles. The lowest BCUT2D eigenvalue weighted by Crippen LogP contribution is -2.10. The largest absolute Gasteiger partial charge is 0.310 e. The number of anilines is 3. The molecule has 1 heteroatoms. The lowest BCUT2D eigenvalue weighted by atomic mass is 9.84. The van der Waals surface area contributed by atoms with Crippen molar-refractivity contribution in [2.75, 3.05) is 4.90 Å². The first-order chi connectivity index (χ1) is 37.2. The molecule has 0 aliphatic carbocycles. The van der Waals surface area contributed by atoms with Crippen molar-refractivity contribution in [2.24, 2.45) is 0 Å². The molecule has 13 rings (SSSR count). The predicted octanol–water partition coefficient (Wildman–Crippen LogP) is 20.8. The molecular weight excluding hydrogens is 903 g/mol. The van der Waals surface area contributed by atoms with Crippen LogP contribution in [0.1, 0.15) is 0 Å². The Hall–Kier alpha value is -9.82. The van der Waals surface area contributed by atoms with Crippen molar-refractivity contribution in [1.82, 2.24) is 0 Å². The first kappa shape index (κ1) is 45.1. The molecule has 352 valence electrons. The molecule has 0 aliphatic heterocycles. The number of hydrogen-bond acceptors (Lipinski definition) is 1. The van der Waals surface area contributed by atoms with E-state index < -0.39 is 0 Å². The monoisotopic (exact) mass is 953 g/mol. The average Bonchev–Trinajstić information content (AvgIpc) is 3.51. The maximum atomic E-state index is 2.40. The molecule has 75 heavy (non-hydrogen) atoms. The van der Waals surface area contributed by atoms with Gasteiger partial charge in [0, 0.05) is 17.1 Å². The lowest BCUT2D eigenvalue weighted by Gasteiger charge is -2.27. The van der Waals surface area contributed by atoms with E-state index in [1.165, 1.54) is 99.4 Å². The van der Waals surface area contributed by atoms with Gasteiger partial charge in [-0.3, -0.25) is 0 Å². The molecule has 0 aliphatic rings. The van der Waals surface area contributed by atoms with Gasteiger partial charge in [0.25, 0.3) is 0 Å². The number of hydrogen-bond donors (Lipinski definition) is 0. The van der Waals surface area contributed by atoms with E-state index in [0.717, 1.165) is 28.2 Å². The van der Waals surface area contributed by atoms with Gasteiger partial charge in [0.2, 0.25) is 0 Å². The van der Waals surface area contributed by atoms with Crippen LogP contribution in [-0.4, -0.2) is 0 Å². The Balaban J connectivity index is 0.941. The summed E-state index contributed by atoms with van der Waals surface area (Å²) < 4.78 is 0. The smallest absolute Gasteiger partial charge is 0.0468 e. The second-order valence-electron chi connectivity index (χ2n) is 19.2. The highest BCUT2D eigenvalue weighted by Gasteiger charge is 2.21. The summed E-state index contributed by atoms with van der Waals surface area (Å²) >= 11 is 0. The Morgan fingerprint density at radius 1 is 0.160 bits per heavy atom. The molecular formula is C74H51N. The van der Waals surface area contributed by atoms with Crippen LogP contribution >= 0.6 is 0 Å². The predicted molar refractivity (Wildman–Crippen MR) is 320 cm³/mol. The van der Waals surface area contributed by atoms with E-state index in [-0.39, 0.29) is 0 Å². The minimum atomic E-state index is 1.07. The van der Waals surface area contributed by atoms with Crippen LogP contribution in [0.25, 0.3) is 111 Å². The van der Waals surface area contributed by atoms with E-state index in [1.807, 2.05) is 0 Å². The first-order valence-corrected chi connectivity index (χ1v) is 25.8. The van der Waals surface area contributed by atoms with Crippen LogP contribution < -0.4 is 4.90 Å². The third-order valence-corrected chi connectivity index (χ3v) is 14.7. The van der Waals surface area contributed by atoms with Crippen molar-refractivity contribution >= 4 is 38.6 Å². The Bertz CT molecular complexity index is 4100. The fourth-order valence-corrected chi connectivity index (χ4v) is 11.1. The summed E-state index contributed by atoms with van der Waals surface area (Å²) in [6.45, 7) is 0. The van der Waals surface area contributed by atoms with Gasteiger partial charge in [0.15, 0.2) is 0 Å². The first-order valence-electron chi connectivity index (χ1n) is 25.8. The van der Waals surface area contributed by atoms with Gasteiger partial charge in [-0.1, -0.05) is 261 Å². The molecule has 1 nitrogen and oxygen atoms in total. The molecule has 0 bridgehead atoms. The van der Waals surface area contributed by atoms with Crippen LogP contribution in [0.5, 0.6) is 0 Å². The highest BCUT2D eigenvalue weighted by Crippen LogP contribution is 2.47. The van der Waals surface area contributed by atoms with Gasteiger partial charge in [0.1, 0.15) is 0 Å². The van der Waals surface area contributed by atoms with Gasteiger partial charge < -0.3 is 4.90 Å². The van der Waals surface area contributed by atoms with Crippen LogP contribution in [0.4, 0.5) is 17.1 Å². The summed E-state index contributed by atoms with van der Waals surface area (Å²) in [7, 11) is 0. The van der Waals surface area contributed by atoms with Crippen molar-refractivity contribution in [3.8, 4) is 89.0 Å².